The molecule has 1 aliphatic carbocycles. The quantitative estimate of drug-likeness (QED) is 0.632. The van der Waals surface area contributed by atoms with E-state index in [4.69, 9.17) is 14.6 Å². The van der Waals surface area contributed by atoms with Crippen molar-refractivity contribution in [1.29, 1.82) is 0 Å². The molecular formula is C22H24N4O4S. The van der Waals surface area contributed by atoms with E-state index in [0.29, 0.717) is 36.4 Å². The second-order valence-electron chi connectivity index (χ2n) is 7.75. The van der Waals surface area contributed by atoms with Gasteiger partial charge in [-0.15, -0.1) is 0 Å². The molecular weight excluding hydrogens is 416 g/mol. The second kappa shape index (κ2) is 8.32. The Morgan fingerprint density at radius 1 is 1.03 bits per heavy atom. The van der Waals surface area contributed by atoms with Gasteiger partial charge in [0.15, 0.2) is 11.5 Å². The molecule has 2 aliphatic rings. The minimum Gasteiger partial charge on any atom is -0.486 e. The van der Waals surface area contributed by atoms with E-state index in [2.05, 4.69) is 9.71 Å². The summed E-state index contributed by atoms with van der Waals surface area (Å²) < 4.78 is 41.4. The maximum Gasteiger partial charge on any atom is 0.241 e. The molecule has 0 radical (unpaired) electrons. The van der Waals surface area contributed by atoms with E-state index >= 15 is 0 Å². The van der Waals surface area contributed by atoms with Gasteiger partial charge < -0.3 is 9.47 Å². The number of hydrogen-bond donors (Lipinski definition) is 1. The largest absolute Gasteiger partial charge is 0.486 e. The molecule has 1 N–H and O–H groups in total. The summed E-state index contributed by atoms with van der Waals surface area (Å²) >= 11 is 0. The lowest BCUT2D eigenvalue weighted by atomic mass is 10.2. The molecule has 2 aromatic heterocycles. The molecule has 162 valence electrons. The van der Waals surface area contributed by atoms with Crippen molar-refractivity contribution in [2.75, 3.05) is 13.2 Å². The van der Waals surface area contributed by atoms with E-state index in [9.17, 15) is 8.42 Å². The van der Waals surface area contributed by atoms with E-state index in [1.165, 1.54) is 25.0 Å². The minimum atomic E-state index is -3.73. The Labute approximate surface area is 181 Å². The lowest BCUT2D eigenvalue weighted by molar-refractivity contribution is 0.171. The van der Waals surface area contributed by atoms with Crippen LogP contribution in [0, 0.1) is 0 Å². The molecule has 31 heavy (non-hydrogen) atoms. The lowest BCUT2D eigenvalue weighted by Gasteiger charge is -2.18. The molecule has 8 nitrogen and oxygen atoms in total. The van der Waals surface area contributed by atoms with Gasteiger partial charge in [0.1, 0.15) is 13.2 Å². The number of benzene rings is 1. The molecule has 0 spiro atoms. The molecule has 5 rings (SSSR count). The molecule has 1 saturated carbocycles. The molecule has 9 heteroatoms. The Morgan fingerprint density at radius 3 is 2.61 bits per heavy atom. The Kier molecular flexibility index (Phi) is 5.37. The van der Waals surface area contributed by atoms with Gasteiger partial charge in [0.25, 0.3) is 0 Å². The minimum absolute atomic E-state index is 0.0936. The Balaban J connectivity index is 1.38. The highest BCUT2D eigenvalue weighted by Crippen LogP contribution is 2.34. The number of sulfonamides is 1. The van der Waals surface area contributed by atoms with Crippen molar-refractivity contribution in [3.8, 4) is 22.9 Å². The third kappa shape index (κ3) is 4.15. The van der Waals surface area contributed by atoms with Crippen LogP contribution in [0.2, 0.25) is 0 Å². The van der Waals surface area contributed by atoms with Crippen LogP contribution in [0.4, 0.5) is 0 Å². The number of pyridine rings is 1. The number of hydrogen-bond acceptors (Lipinski definition) is 6. The van der Waals surface area contributed by atoms with Crippen LogP contribution in [0.1, 0.15) is 37.4 Å². The molecule has 3 aromatic rings. The number of aromatic nitrogens is 3. The average molecular weight is 441 g/mol. The average Bonchev–Trinajstić information content (AvgIpc) is 3.48. The van der Waals surface area contributed by atoms with Crippen molar-refractivity contribution in [2.45, 2.75) is 43.2 Å². The van der Waals surface area contributed by atoms with Crippen molar-refractivity contribution >= 4 is 10.0 Å². The Morgan fingerprint density at radius 2 is 1.84 bits per heavy atom. The summed E-state index contributed by atoms with van der Waals surface area (Å²) in [5, 5.41) is 4.74. The number of nitrogens with one attached hydrogen (secondary N) is 1. The highest BCUT2D eigenvalue weighted by atomic mass is 32.2. The summed E-state index contributed by atoms with van der Waals surface area (Å²) in [6.45, 7) is 0.953. The van der Waals surface area contributed by atoms with E-state index in [1.54, 1.807) is 12.3 Å². The number of ether oxygens (including phenoxy) is 2. The second-order valence-corrected chi connectivity index (χ2v) is 9.52. The molecule has 0 atom stereocenters. The molecule has 3 heterocycles. The third-order valence-corrected chi connectivity index (χ3v) is 7.05. The topological polar surface area (TPSA) is 95.3 Å². The smallest absolute Gasteiger partial charge is 0.241 e. The zero-order valence-electron chi connectivity index (χ0n) is 17.0. The van der Waals surface area contributed by atoms with Crippen LogP contribution in [-0.4, -0.2) is 36.4 Å². The molecule has 0 bridgehead atoms. The van der Waals surface area contributed by atoms with Crippen molar-refractivity contribution < 1.29 is 17.9 Å². The summed E-state index contributed by atoms with van der Waals surface area (Å²) in [5.74, 6) is 0.998. The lowest BCUT2D eigenvalue weighted by Crippen LogP contribution is -2.24. The van der Waals surface area contributed by atoms with Crippen molar-refractivity contribution in [1.82, 2.24) is 19.5 Å². The first-order valence-corrected chi connectivity index (χ1v) is 12.0. The van der Waals surface area contributed by atoms with Crippen LogP contribution in [0.5, 0.6) is 11.5 Å². The van der Waals surface area contributed by atoms with E-state index in [1.807, 2.05) is 28.9 Å². The molecule has 0 unspecified atom stereocenters. The first kappa shape index (κ1) is 20.0. The molecule has 1 aliphatic heterocycles. The van der Waals surface area contributed by atoms with Gasteiger partial charge in [-0.25, -0.2) is 13.1 Å². The molecule has 1 aromatic carbocycles. The number of rotatable bonds is 6. The first-order valence-electron chi connectivity index (χ1n) is 10.5. The van der Waals surface area contributed by atoms with Gasteiger partial charge in [-0.1, -0.05) is 18.9 Å². The Bertz CT molecular complexity index is 1170. The maximum atomic E-state index is 12.9. The van der Waals surface area contributed by atoms with Gasteiger partial charge in [0.2, 0.25) is 10.0 Å². The molecule has 1 fully saturated rings. The van der Waals surface area contributed by atoms with Crippen molar-refractivity contribution in [2.24, 2.45) is 0 Å². The maximum absolute atomic E-state index is 12.9. The number of nitrogens with zero attached hydrogens (tertiary/aromatic N) is 3. The van der Waals surface area contributed by atoms with Crippen LogP contribution in [0.3, 0.4) is 0 Å². The van der Waals surface area contributed by atoms with Crippen molar-refractivity contribution in [3.05, 3.63) is 54.4 Å². The fourth-order valence-corrected chi connectivity index (χ4v) is 5.12. The van der Waals surface area contributed by atoms with Crippen LogP contribution >= 0.6 is 0 Å². The van der Waals surface area contributed by atoms with E-state index in [-0.39, 0.29) is 11.4 Å². The summed E-state index contributed by atoms with van der Waals surface area (Å²) in [4.78, 5) is 4.60. The predicted octanol–water partition coefficient (Wildman–Crippen LogP) is 3.31. The van der Waals surface area contributed by atoms with E-state index < -0.39 is 10.0 Å². The first-order chi connectivity index (χ1) is 15.1. The summed E-state index contributed by atoms with van der Waals surface area (Å²) in [6.07, 6.45) is 6.26. The van der Waals surface area contributed by atoms with Crippen LogP contribution in [-0.2, 0) is 16.6 Å². The fourth-order valence-electron chi connectivity index (χ4n) is 4.11. The van der Waals surface area contributed by atoms with Crippen molar-refractivity contribution in [3.63, 3.8) is 0 Å². The van der Waals surface area contributed by atoms with Crippen LogP contribution in [0.15, 0.2) is 53.6 Å². The van der Waals surface area contributed by atoms with E-state index in [0.717, 1.165) is 24.2 Å². The normalized spacial score (nSPS) is 16.5. The zero-order valence-corrected chi connectivity index (χ0v) is 17.8. The van der Waals surface area contributed by atoms with Gasteiger partial charge in [-0.05, 0) is 43.2 Å². The van der Waals surface area contributed by atoms with Gasteiger partial charge in [-0.2, -0.15) is 5.10 Å². The standard InChI is InChI=1S/C22H24N4O4S/c27-31(28,18-8-9-21-22(14-18)30-12-11-29-21)24-15-16-13-20(19-7-3-4-10-23-19)26(25-16)17-5-1-2-6-17/h3-4,7-10,13-14,17,24H,1-2,5-6,11-12,15H2. The van der Waals surface area contributed by atoms with Crippen LogP contribution in [0.25, 0.3) is 11.4 Å². The number of fused-ring (bicyclic) bond motifs is 1. The van der Waals surface area contributed by atoms with Crippen LogP contribution < -0.4 is 14.2 Å². The van der Waals surface area contributed by atoms with Gasteiger partial charge in [0.05, 0.1) is 34.6 Å². The van der Waals surface area contributed by atoms with Gasteiger partial charge in [-0.3, -0.25) is 9.67 Å². The summed E-state index contributed by atoms with van der Waals surface area (Å²) in [7, 11) is -3.73. The SMILES string of the molecule is O=S(=O)(NCc1cc(-c2ccccn2)n(C2CCCC2)n1)c1ccc2c(c1)OCCO2. The highest BCUT2D eigenvalue weighted by Gasteiger charge is 2.24. The third-order valence-electron chi connectivity index (χ3n) is 5.65. The molecule has 0 saturated heterocycles. The highest BCUT2D eigenvalue weighted by molar-refractivity contribution is 7.89. The van der Waals surface area contributed by atoms with Gasteiger partial charge >= 0.3 is 0 Å². The fraction of sp³-hybridized carbons (Fsp3) is 0.364. The Hall–Kier alpha value is -2.91. The predicted molar refractivity (Wildman–Crippen MR) is 114 cm³/mol. The zero-order chi connectivity index (χ0) is 21.3. The van der Waals surface area contributed by atoms with Gasteiger partial charge in [0, 0.05) is 12.3 Å². The molecule has 0 amide bonds. The monoisotopic (exact) mass is 440 g/mol. The summed E-state index contributed by atoms with van der Waals surface area (Å²) in [5.41, 5.74) is 2.41. The summed E-state index contributed by atoms with van der Waals surface area (Å²) in [6, 6.07) is 12.6.